The smallest absolute Gasteiger partial charge is 0.148 e. The average Bonchev–Trinajstić information content (AvgIpc) is 2.18. The summed E-state index contributed by atoms with van der Waals surface area (Å²) in [6, 6.07) is -2.56. The fourth-order valence-electron chi connectivity index (χ4n) is 0.892. The summed E-state index contributed by atoms with van der Waals surface area (Å²) >= 11 is 0. The summed E-state index contributed by atoms with van der Waals surface area (Å²) in [6.45, 7) is 0.690. The molecule has 0 saturated heterocycles. The lowest BCUT2D eigenvalue weighted by Gasteiger charge is -2.20. The van der Waals surface area contributed by atoms with Gasteiger partial charge in [0.15, 0.2) is 0 Å². The van der Waals surface area contributed by atoms with Gasteiger partial charge < -0.3 is 10.2 Å². The molecule has 0 saturated carbocycles. The molecule has 8 nitrogen and oxygen atoms in total. The first-order valence-corrected chi connectivity index (χ1v) is 3.88. The van der Waals surface area contributed by atoms with Gasteiger partial charge in [0.25, 0.3) is 0 Å². The third-order valence-electron chi connectivity index (χ3n) is 1.79. The van der Waals surface area contributed by atoms with Crippen molar-refractivity contribution < 1.29 is 10.2 Å². The van der Waals surface area contributed by atoms with Gasteiger partial charge in [-0.1, -0.05) is 15.5 Å². The normalized spacial score (nSPS) is 19.1. The number of aliphatic hydroxyl groups excluding tert-OH is 2. The van der Waals surface area contributed by atoms with Crippen LogP contribution in [0.3, 0.4) is 0 Å². The molecule has 0 aromatic rings. The number of nitroso groups, excluding NO2 is 3. The predicted molar refractivity (Wildman–Crippen MR) is 47.5 cm³/mol. The molecule has 0 bridgehead atoms. The van der Waals surface area contributed by atoms with Crippen LogP contribution in [0.1, 0.15) is 6.92 Å². The molecule has 0 aliphatic carbocycles. The summed E-state index contributed by atoms with van der Waals surface area (Å²) in [5.74, 6) is 0. The summed E-state index contributed by atoms with van der Waals surface area (Å²) < 4.78 is 0. The van der Waals surface area contributed by atoms with E-state index in [-0.39, 0.29) is 0 Å². The maximum absolute atomic E-state index is 10.2. The van der Waals surface area contributed by atoms with E-state index in [2.05, 4.69) is 15.5 Å². The Labute approximate surface area is 79.2 Å². The summed E-state index contributed by atoms with van der Waals surface area (Å²) in [5.41, 5.74) is 0. The highest BCUT2D eigenvalue weighted by molar-refractivity contribution is 4.89. The fourth-order valence-corrected chi connectivity index (χ4v) is 0.892. The van der Waals surface area contributed by atoms with Crippen LogP contribution in [0.15, 0.2) is 15.5 Å². The minimum atomic E-state index is -1.51. The zero-order chi connectivity index (χ0) is 11.1. The summed E-state index contributed by atoms with van der Waals surface area (Å²) in [6.07, 6.45) is -3.01. The average molecular weight is 205 g/mol. The molecular weight excluding hydrogens is 194 g/mol. The van der Waals surface area contributed by atoms with Crippen molar-refractivity contribution in [2.24, 2.45) is 15.5 Å². The van der Waals surface area contributed by atoms with E-state index in [9.17, 15) is 19.8 Å². The quantitative estimate of drug-likeness (QED) is 0.554. The number of hydrogen-bond acceptors (Lipinski definition) is 8. The van der Waals surface area contributed by atoms with E-state index in [1.165, 1.54) is 6.92 Å². The molecule has 0 rings (SSSR count). The first-order chi connectivity index (χ1) is 6.58. The maximum Gasteiger partial charge on any atom is 0.148 e. The van der Waals surface area contributed by atoms with Gasteiger partial charge in [-0.15, -0.1) is 0 Å². The third kappa shape index (κ3) is 3.23. The second-order valence-electron chi connectivity index (χ2n) is 2.81. The molecule has 0 amide bonds. The molecular formula is C6H11N3O5. The molecule has 0 aliphatic heterocycles. The Balaban J connectivity index is 4.44. The van der Waals surface area contributed by atoms with Crippen molar-refractivity contribution in [3.8, 4) is 0 Å². The molecule has 2 N–H and O–H groups in total. The molecule has 0 fully saturated rings. The number of aliphatic hydroxyl groups is 2. The lowest BCUT2D eigenvalue weighted by Crippen LogP contribution is -2.42. The predicted octanol–water partition coefficient (Wildman–Crippen LogP) is -0.236. The third-order valence-corrected chi connectivity index (χ3v) is 1.79. The molecule has 0 spiro atoms. The van der Waals surface area contributed by atoms with Crippen molar-refractivity contribution in [2.45, 2.75) is 31.2 Å². The van der Waals surface area contributed by atoms with E-state index < -0.39 is 30.8 Å². The van der Waals surface area contributed by atoms with Gasteiger partial charge in [-0.2, -0.15) is 14.7 Å². The Morgan fingerprint density at radius 2 is 1.71 bits per heavy atom. The van der Waals surface area contributed by atoms with Crippen molar-refractivity contribution in [3.63, 3.8) is 0 Å². The maximum atomic E-state index is 10.2. The lowest BCUT2D eigenvalue weighted by atomic mass is 10.0. The number of nitrogens with zero attached hydrogens (tertiary/aromatic N) is 3. The van der Waals surface area contributed by atoms with Crippen LogP contribution in [-0.4, -0.2) is 41.0 Å². The Morgan fingerprint density at radius 3 is 2.07 bits per heavy atom. The molecule has 0 aliphatic rings. The van der Waals surface area contributed by atoms with Gasteiger partial charge >= 0.3 is 0 Å². The standard InChI is InChI=1S/C6H11N3O5/c1-3(8-13)6(11)5(9-14)4(10)2-7-12/h3-6,10-11H,2H2,1H3. The SMILES string of the molecule is CC(N=O)C(O)C(N=O)C(O)CN=O. The summed E-state index contributed by atoms with van der Waals surface area (Å²) in [4.78, 5) is 30.0. The van der Waals surface area contributed by atoms with Crippen molar-refractivity contribution in [3.05, 3.63) is 14.7 Å². The van der Waals surface area contributed by atoms with E-state index in [1.54, 1.807) is 0 Å². The van der Waals surface area contributed by atoms with Crippen molar-refractivity contribution in [1.82, 2.24) is 0 Å². The van der Waals surface area contributed by atoms with Gasteiger partial charge in [-0.05, 0) is 6.92 Å². The zero-order valence-corrected chi connectivity index (χ0v) is 7.48. The first-order valence-electron chi connectivity index (χ1n) is 3.88. The molecule has 4 unspecified atom stereocenters. The van der Waals surface area contributed by atoms with Crippen LogP contribution in [0.5, 0.6) is 0 Å². The second-order valence-corrected chi connectivity index (χ2v) is 2.81. The largest absolute Gasteiger partial charge is 0.389 e. The molecule has 0 aromatic heterocycles. The second kappa shape index (κ2) is 6.22. The minimum Gasteiger partial charge on any atom is -0.389 e. The van der Waals surface area contributed by atoms with Crippen LogP contribution in [0.4, 0.5) is 0 Å². The molecule has 0 radical (unpaired) electrons. The van der Waals surface area contributed by atoms with Gasteiger partial charge in [-0.25, -0.2) is 0 Å². The number of rotatable bonds is 7. The van der Waals surface area contributed by atoms with Crippen LogP contribution >= 0.6 is 0 Å². The topological polar surface area (TPSA) is 129 Å². The van der Waals surface area contributed by atoms with Gasteiger partial charge in [-0.3, -0.25) is 0 Å². The molecule has 8 heteroatoms. The highest BCUT2D eigenvalue weighted by atomic mass is 16.3. The van der Waals surface area contributed by atoms with Gasteiger partial charge in [0, 0.05) is 0 Å². The Kier molecular flexibility index (Phi) is 5.65. The summed E-state index contributed by atoms with van der Waals surface area (Å²) in [5, 5.41) is 25.7. The van der Waals surface area contributed by atoms with E-state index in [4.69, 9.17) is 5.11 Å². The van der Waals surface area contributed by atoms with E-state index in [1.807, 2.05) is 0 Å². The molecule has 0 heterocycles. The molecule has 4 atom stereocenters. The van der Waals surface area contributed by atoms with Gasteiger partial charge in [0.05, 0.1) is 0 Å². The Morgan fingerprint density at radius 1 is 1.14 bits per heavy atom. The van der Waals surface area contributed by atoms with Crippen molar-refractivity contribution in [2.75, 3.05) is 6.54 Å². The van der Waals surface area contributed by atoms with Crippen LogP contribution < -0.4 is 0 Å². The van der Waals surface area contributed by atoms with Gasteiger partial charge in [0.2, 0.25) is 0 Å². The fraction of sp³-hybridized carbons (Fsp3) is 1.00. The highest BCUT2D eigenvalue weighted by Gasteiger charge is 2.32. The van der Waals surface area contributed by atoms with Crippen LogP contribution in [0, 0.1) is 14.7 Å². The Bertz CT molecular complexity index is 212. The van der Waals surface area contributed by atoms with E-state index in [0.717, 1.165) is 0 Å². The van der Waals surface area contributed by atoms with Gasteiger partial charge in [0.1, 0.15) is 30.8 Å². The van der Waals surface area contributed by atoms with Crippen molar-refractivity contribution >= 4 is 0 Å². The molecule has 0 aromatic carbocycles. The molecule has 80 valence electrons. The summed E-state index contributed by atoms with van der Waals surface area (Å²) in [7, 11) is 0. The van der Waals surface area contributed by atoms with Crippen LogP contribution in [0.2, 0.25) is 0 Å². The lowest BCUT2D eigenvalue weighted by molar-refractivity contribution is 0.0493. The van der Waals surface area contributed by atoms with E-state index in [0.29, 0.717) is 0 Å². The van der Waals surface area contributed by atoms with Crippen molar-refractivity contribution in [1.29, 1.82) is 0 Å². The van der Waals surface area contributed by atoms with Crippen LogP contribution in [0.25, 0.3) is 0 Å². The molecule has 14 heavy (non-hydrogen) atoms. The highest BCUT2D eigenvalue weighted by Crippen LogP contribution is 2.11. The monoisotopic (exact) mass is 205 g/mol. The Hall–Kier alpha value is -1.28. The van der Waals surface area contributed by atoms with E-state index >= 15 is 0 Å². The minimum absolute atomic E-state index is 0.570. The van der Waals surface area contributed by atoms with Crippen LogP contribution in [-0.2, 0) is 0 Å². The zero-order valence-electron chi connectivity index (χ0n) is 7.48. The number of hydrogen-bond donors (Lipinski definition) is 2. The first kappa shape index (κ1) is 12.7.